The number of amides is 1. The molecule has 6 heteroatoms. The average Bonchev–Trinajstić information content (AvgIpc) is 2.89. The highest BCUT2D eigenvalue weighted by atomic mass is 16.1. The number of nitrogens with zero attached hydrogens (tertiary/aromatic N) is 2. The van der Waals surface area contributed by atoms with Crippen molar-refractivity contribution in [2.75, 3.05) is 6.54 Å². The van der Waals surface area contributed by atoms with E-state index >= 15 is 0 Å². The van der Waals surface area contributed by atoms with Gasteiger partial charge in [-0.25, -0.2) is 0 Å². The summed E-state index contributed by atoms with van der Waals surface area (Å²) in [7, 11) is 0. The van der Waals surface area contributed by atoms with Crippen LogP contribution in [-0.4, -0.2) is 27.6 Å². The zero-order valence-corrected chi connectivity index (χ0v) is 11.2. The minimum Gasteiger partial charge on any atom is -0.356 e. The summed E-state index contributed by atoms with van der Waals surface area (Å²) in [6, 6.07) is 0. The van der Waals surface area contributed by atoms with Crippen molar-refractivity contribution in [3.05, 3.63) is 21.9 Å². The normalized spacial score (nSPS) is 15.6. The maximum atomic E-state index is 11.9. The molecule has 2 N–H and O–H groups in total. The molecule has 6 nitrogen and oxygen atoms in total. The van der Waals surface area contributed by atoms with Gasteiger partial charge in [-0.05, 0) is 25.7 Å². The van der Waals surface area contributed by atoms with Crippen LogP contribution in [0, 0.1) is 0 Å². The van der Waals surface area contributed by atoms with E-state index in [4.69, 9.17) is 0 Å². The van der Waals surface area contributed by atoms with E-state index in [0.29, 0.717) is 31.0 Å². The second-order valence-corrected chi connectivity index (χ2v) is 5.05. The molecule has 1 heterocycles. The lowest BCUT2D eigenvalue weighted by Crippen LogP contribution is -2.24. The molecule has 1 aromatic rings. The van der Waals surface area contributed by atoms with E-state index < -0.39 is 0 Å². The van der Waals surface area contributed by atoms with Crippen molar-refractivity contribution in [3.63, 3.8) is 0 Å². The van der Waals surface area contributed by atoms with E-state index in [0.717, 1.165) is 18.7 Å². The van der Waals surface area contributed by atoms with E-state index in [9.17, 15) is 9.59 Å². The molecule has 0 bridgehead atoms. The SMILES string of the molecule is CC(=O)NCCCc1nnc(C2CCCC2)[nH]c1=O. The van der Waals surface area contributed by atoms with Gasteiger partial charge in [0.25, 0.3) is 5.56 Å². The number of aromatic nitrogens is 3. The van der Waals surface area contributed by atoms with Gasteiger partial charge in [0, 0.05) is 19.4 Å². The first-order chi connectivity index (χ1) is 9.16. The Hall–Kier alpha value is -1.72. The Bertz CT molecular complexity index is 492. The predicted octanol–water partition coefficient (Wildman–Crippen LogP) is 0.891. The molecule has 0 spiro atoms. The Morgan fingerprint density at radius 1 is 1.37 bits per heavy atom. The van der Waals surface area contributed by atoms with Crippen LogP contribution in [0.15, 0.2) is 4.79 Å². The first-order valence-corrected chi connectivity index (χ1v) is 6.87. The molecule has 1 fully saturated rings. The van der Waals surface area contributed by atoms with E-state index in [1.807, 2.05) is 0 Å². The van der Waals surface area contributed by atoms with Crippen LogP contribution in [0.25, 0.3) is 0 Å². The van der Waals surface area contributed by atoms with Gasteiger partial charge in [0.1, 0.15) is 11.5 Å². The molecular weight excluding hydrogens is 244 g/mol. The highest BCUT2D eigenvalue weighted by molar-refractivity contribution is 5.72. The molecular formula is C13H20N4O2. The van der Waals surface area contributed by atoms with E-state index in [1.165, 1.54) is 19.8 Å². The van der Waals surface area contributed by atoms with Crippen LogP contribution in [0.2, 0.25) is 0 Å². The van der Waals surface area contributed by atoms with Gasteiger partial charge in [-0.2, -0.15) is 0 Å². The number of hydrogen-bond acceptors (Lipinski definition) is 4. The van der Waals surface area contributed by atoms with E-state index in [2.05, 4.69) is 20.5 Å². The quantitative estimate of drug-likeness (QED) is 0.773. The number of aryl methyl sites for hydroxylation is 1. The third-order valence-corrected chi connectivity index (χ3v) is 3.49. The van der Waals surface area contributed by atoms with Gasteiger partial charge in [0.2, 0.25) is 5.91 Å². The van der Waals surface area contributed by atoms with Gasteiger partial charge < -0.3 is 10.3 Å². The van der Waals surface area contributed by atoms with Gasteiger partial charge >= 0.3 is 0 Å². The van der Waals surface area contributed by atoms with Crippen LogP contribution in [-0.2, 0) is 11.2 Å². The molecule has 0 aliphatic heterocycles. The average molecular weight is 264 g/mol. The molecule has 0 aromatic carbocycles. The molecule has 1 aromatic heterocycles. The number of carbonyl (C=O) groups is 1. The molecule has 104 valence electrons. The van der Waals surface area contributed by atoms with Crippen LogP contribution < -0.4 is 10.9 Å². The van der Waals surface area contributed by atoms with Crippen LogP contribution in [0.1, 0.15) is 56.5 Å². The van der Waals surface area contributed by atoms with Crippen LogP contribution in [0.4, 0.5) is 0 Å². The van der Waals surface area contributed by atoms with Crippen molar-refractivity contribution in [2.24, 2.45) is 0 Å². The fraction of sp³-hybridized carbons (Fsp3) is 0.692. The first-order valence-electron chi connectivity index (χ1n) is 6.87. The smallest absolute Gasteiger partial charge is 0.272 e. The summed E-state index contributed by atoms with van der Waals surface area (Å²) in [5.74, 6) is 1.04. The fourth-order valence-corrected chi connectivity index (χ4v) is 2.44. The predicted molar refractivity (Wildman–Crippen MR) is 70.9 cm³/mol. The van der Waals surface area contributed by atoms with Crippen molar-refractivity contribution in [2.45, 2.75) is 51.4 Å². The zero-order chi connectivity index (χ0) is 13.7. The molecule has 0 radical (unpaired) electrons. The number of aromatic amines is 1. The Morgan fingerprint density at radius 3 is 2.74 bits per heavy atom. The van der Waals surface area contributed by atoms with Crippen molar-refractivity contribution in [3.8, 4) is 0 Å². The second kappa shape index (κ2) is 6.45. The molecule has 0 atom stereocenters. The van der Waals surface area contributed by atoms with Gasteiger partial charge in [-0.1, -0.05) is 12.8 Å². The molecule has 0 unspecified atom stereocenters. The minimum absolute atomic E-state index is 0.0587. The highest BCUT2D eigenvalue weighted by Gasteiger charge is 2.20. The lowest BCUT2D eigenvalue weighted by atomic mass is 10.1. The maximum absolute atomic E-state index is 11.9. The monoisotopic (exact) mass is 264 g/mol. The number of H-pyrrole nitrogens is 1. The summed E-state index contributed by atoms with van der Waals surface area (Å²) >= 11 is 0. The molecule has 19 heavy (non-hydrogen) atoms. The van der Waals surface area contributed by atoms with Crippen LogP contribution in [0.5, 0.6) is 0 Å². The van der Waals surface area contributed by atoms with Gasteiger partial charge in [-0.15, -0.1) is 10.2 Å². The van der Waals surface area contributed by atoms with Gasteiger partial charge in [-0.3, -0.25) is 9.59 Å². The van der Waals surface area contributed by atoms with Crippen LogP contribution >= 0.6 is 0 Å². The highest BCUT2D eigenvalue weighted by Crippen LogP contribution is 2.31. The van der Waals surface area contributed by atoms with Crippen molar-refractivity contribution >= 4 is 5.91 Å². The summed E-state index contributed by atoms with van der Waals surface area (Å²) in [6.07, 6.45) is 5.81. The van der Waals surface area contributed by atoms with Gasteiger partial charge in [0.05, 0.1) is 0 Å². The number of carbonyl (C=O) groups excluding carboxylic acids is 1. The van der Waals surface area contributed by atoms with Crippen molar-refractivity contribution in [1.29, 1.82) is 0 Å². The maximum Gasteiger partial charge on any atom is 0.272 e. The van der Waals surface area contributed by atoms with Crippen LogP contribution in [0.3, 0.4) is 0 Å². The minimum atomic E-state index is -0.139. The Kier molecular flexibility index (Phi) is 4.65. The second-order valence-electron chi connectivity index (χ2n) is 5.05. The lowest BCUT2D eigenvalue weighted by molar-refractivity contribution is -0.118. The lowest BCUT2D eigenvalue weighted by Gasteiger charge is -2.07. The van der Waals surface area contributed by atoms with E-state index in [1.54, 1.807) is 0 Å². The Labute approximate surface area is 112 Å². The number of rotatable bonds is 5. The standard InChI is InChI=1S/C13H20N4O2/c1-9(18)14-8-4-7-11-13(19)15-12(17-16-11)10-5-2-3-6-10/h10H,2-8H2,1H3,(H,14,18)(H,15,17,19). The zero-order valence-electron chi connectivity index (χ0n) is 11.2. The largest absolute Gasteiger partial charge is 0.356 e. The summed E-state index contributed by atoms with van der Waals surface area (Å²) in [6.45, 7) is 2.03. The van der Waals surface area contributed by atoms with Gasteiger partial charge in [0.15, 0.2) is 0 Å². The summed E-state index contributed by atoms with van der Waals surface area (Å²) in [5, 5.41) is 10.9. The Morgan fingerprint density at radius 2 is 2.11 bits per heavy atom. The third-order valence-electron chi connectivity index (χ3n) is 3.49. The molecule has 0 saturated heterocycles. The molecule has 2 rings (SSSR count). The summed E-state index contributed by atoms with van der Waals surface area (Å²) in [5.41, 5.74) is 0.312. The molecule has 1 aliphatic carbocycles. The van der Waals surface area contributed by atoms with E-state index in [-0.39, 0.29) is 11.5 Å². The van der Waals surface area contributed by atoms with Crippen molar-refractivity contribution in [1.82, 2.24) is 20.5 Å². The first kappa shape index (κ1) is 13.7. The van der Waals surface area contributed by atoms with Crippen molar-refractivity contribution < 1.29 is 4.79 Å². The third kappa shape index (κ3) is 3.87. The molecule has 1 aliphatic rings. The number of hydrogen-bond donors (Lipinski definition) is 2. The molecule has 1 saturated carbocycles. The Balaban J connectivity index is 1.91. The summed E-state index contributed by atoms with van der Waals surface area (Å²) in [4.78, 5) is 25.4. The molecule has 1 amide bonds. The topological polar surface area (TPSA) is 87.7 Å². The fourth-order valence-electron chi connectivity index (χ4n) is 2.44. The number of nitrogens with one attached hydrogen (secondary N) is 2. The summed E-state index contributed by atoms with van der Waals surface area (Å²) < 4.78 is 0.